The molecular weight excluding hydrogens is 425 g/mol. The molecule has 0 spiro atoms. The van der Waals surface area contributed by atoms with Crippen LogP contribution in [0, 0.1) is 0 Å². The van der Waals surface area contributed by atoms with Crippen LogP contribution in [0.25, 0.3) is 11.4 Å². The third-order valence-corrected chi connectivity index (χ3v) is 4.54. The molecule has 0 bridgehead atoms. The van der Waals surface area contributed by atoms with Crippen molar-refractivity contribution >= 4 is 17.3 Å². The molecule has 0 fully saturated rings. The van der Waals surface area contributed by atoms with E-state index in [9.17, 15) is 18.0 Å². The smallest absolute Gasteiger partial charge is 0.416 e. The molecule has 0 saturated carbocycles. The van der Waals surface area contributed by atoms with Crippen molar-refractivity contribution in [1.29, 1.82) is 0 Å². The summed E-state index contributed by atoms with van der Waals surface area (Å²) < 4.78 is 49.7. The molecule has 7 nitrogen and oxygen atoms in total. The highest BCUT2D eigenvalue weighted by atomic mass is 19.4. The lowest BCUT2D eigenvalue weighted by atomic mass is 10.1. The average molecular weight is 448 g/mol. The Hall–Kier alpha value is -3.56. The molecule has 3 rings (SSSR count). The summed E-state index contributed by atoms with van der Waals surface area (Å²) in [6.07, 6.45) is -4.40. The fourth-order valence-corrected chi connectivity index (χ4v) is 2.98. The first-order valence-corrected chi connectivity index (χ1v) is 9.91. The van der Waals surface area contributed by atoms with E-state index in [1.165, 1.54) is 6.07 Å². The molecule has 0 saturated heterocycles. The summed E-state index contributed by atoms with van der Waals surface area (Å²) in [5.41, 5.74) is 0.431. The van der Waals surface area contributed by atoms with Crippen LogP contribution in [-0.2, 0) is 17.4 Å². The molecule has 3 aromatic rings. The van der Waals surface area contributed by atoms with Crippen LogP contribution in [0.4, 0.5) is 24.5 Å². The highest BCUT2D eigenvalue weighted by Gasteiger charge is 2.31. The Morgan fingerprint density at radius 1 is 1.16 bits per heavy atom. The minimum Gasteiger partial charge on any atom is -0.494 e. The molecule has 1 N–H and O–H groups in total. The average Bonchev–Trinajstić information content (AvgIpc) is 3.21. The molecule has 170 valence electrons. The van der Waals surface area contributed by atoms with Crippen molar-refractivity contribution in [3.63, 3.8) is 0 Å². The summed E-state index contributed by atoms with van der Waals surface area (Å²) in [6, 6.07) is 10.4. The molecule has 10 heteroatoms. The molecule has 0 atom stereocenters. The second kappa shape index (κ2) is 9.71. The number of nitrogens with one attached hydrogen (secondary N) is 1. The molecule has 0 aliphatic carbocycles. The minimum absolute atomic E-state index is 0.0337. The van der Waals surface area contributed by atoms with E-state index < -0.39 is 17.6 Å². The highest BCUT2D eigenvalue weighted by molar-refractivity contribution is 5.94. The van der Waals surface area contributed by atoms with Crippen LogP contribution in [-0.4, -0.2) is 36.8 Å². The summed E-state index contributed by atoms with van der Waals surface area (Å²) in [4.78, 5) is 18.3. The summed E-state index contributed by atoms with van der Waals surface area (Å²) in [5, 5.41) is 6.46. The van der Waals surface area contributed by atoms with Crippen molar-refractivity contribution in [1.82, 2.24) is 10.1 Å². The third kappa shape index (κ3) is 5.77. The summed E-state index contributed by atoms with van der Waals surface area (Å²) >= 11 is 0. The summed E-state index contributed by atoms with van der Waals surface area (Å²) in [5.74, 6) is 0.883. The van der Waals surface area contributed by atoms with Gasteiger partial charge in [0.05, 0.1) is 23.5 Å². The number of rotatable bonds is 8. The van der Waals surface area contributed by atoms with Gasteiger partial charge in [0, 0.05) is 32.5 Å². The SMILES string of the molecule is CCOc1ccc(-c2noc(CCC(=O)Nc3cc(C(F)(F)F)ccc3N(C)C)n2)cc1. The molecule has 0 radical (unpaired) electrons. The van der Waals surface area contributed by atoms with Crippen LogP contribution in [0.3, 0.4) is 0 Å². The van der Waals surface area contributed by atoms with Crippen LogP contribution in [0.5, 0.6) is 5.75 Å². The first kappa shape index (κ1) is 23.1. The van der Waals surface area contributed by atoms with E-state index in [0.29, 0.717) is 18.1 Å². The van der Waals surface area contributed by atoms with Crippen molar-refractivity contribution < 1.29 is 27.2 Å². The Balaban J connectivity index is 1.64. The highest BCUT2D eigenvalue weighted by Crippen LogP contribution is 2.35. The molecule has 0 aliphatic rings. The number of amides is 1. The number of carbonyl (C=O) groups is 1. The second-order valence-electron chi connectivity index (χ2n) is 7.14. The molecule has 2 aromatic carbocycles. The predicted molar refractivity (Wildman–Crippen MR) is 114 cm³/mol. The van der Waals surface area contributed by atoms with Gasteiger partial charge in [-0.05, 0) is 49.4 Å². The monoisotopic (exact) mass is 448 g/mol. The van der Waals surface area contributed by atoms with E-state index in [-0.39, 0.29) is 24.4 Å². The first-order valence-electron chi connectivity index (χ1n) is 9.91. The zero-order chi connectivity index (χ0) is 23.3. The maximum Gasteiger partial charge on any atom is 0.416 e. The van der Waals surface area contributed by atoms with Crippen LogP contribution in [0.15, 0.2) is 47.0 Å². The third-order valence-electron chi connectivity index (χ3n) is 4.54. The van der Waals surface area contributed by atoms with E-state index in [0.717, 1.165) is 23.4 Å². The fourth-order valence-electron chi connectivity index (χ4n) is 2.98. The Labute approximate surface area is 183 Å². The lowest BCUT2D eigenvalue weighted by molar-refractivity contribution is -0.137. The molecule has 1 aromatic heterocycles. The Bertz CT molecular complexity index is 1060. The minimum atomic E-state index is -4.51. The first-order chi connectivity index (χ1) is 15.2. The molecule has 0 aliphatic heterocycles. The normalized spacial score (nSPS) is 11.3. The maximum atomic E-state index is 13.0. The lowest BCUT2D eigenvalue weighted by Gasteiger charge is -2.19. The number of ether oxygens (including phenoxy) is 1. The van der Waals surface area contributed by atoms with Crippen LogP contribution < -0.4 is 15.0 Å². The predicted octanol–water partition coefficient (Wildman–Crippen LogP) is 4.79. The molecule has 1 amide bonds. The van der Waals surface area contributed by atoms with E-state index >= 15 is 0 Å². The zero-order valence-electron chi connectivity index (χ0n) is 17.9. The number of halogens is 3. The van der Waals surface area contributed by atoms with Gasteiger partial charge in [-0.15, -0.1) is 0 Å². The van der Waals surface area contributed by atoms with Crippen molar-refractivity contribution in [3.8, 4) is 17.1 Å². The fraction of sp³-hybridized carbons (Fsp3) is 0.318. The Morgan fingerprint density at radius 3 is 2.50 bits per heavy atom. The number of aromatic nitrogens is 2. The Kier molecular flexibility index (Phi) is 7.01. The molecular formula is C22H23F3N4O3. The summed E-state index contributed by atoms with van der Waals surface area (Å²) in [7, 11) is 3.36. The molecule has 0 unspecified atom stereocenters. The number of aryl methyl sites for hydroxylation is 1. The van der Waals surface area contributed by atoms with Gasteiger partial charge in [0.2, 0.25) is 17.6 Å². The largest absolute Gasteiger partial charge is 0.494 e. The van der Waals surface area contributed by atoms with Crippen LogP contribution >= 0.6 is 0 Å². The van der Waals surface area contributed by atoms with Crippen molar-refractivity contribution in [2.45, 2.75) is 25.9 Å². The number of carbonyl (C=O) groups excluding carboxylic acids is 1. The van der Waals surface area contributed by atoms with Crippen LogP contribution in [0.1, 0.15) is 24.8 Å². The van der Waals surface area contributed by atoms with Gasteiger partial charge >= 0.3 is 6.18 Å². The van der Waals surface area contributed by atoms with Gasteiger partial charge in [-0.2, -0.15) is 18.2 Å². The van der Waals surface area contributed by atoms with E-state index in [4.69, 9.17) is 9.26 Å². The number of anilines is 2. The molecule has 1 heterocycles. The van der Waals surface area contributed by atoms with E-state index in [1.54, 1.807) is 43.3 Å². The van der Waals surface area contributed by atoms with Gasteiger partial charge in [0.25, 0.3) is 0 Å². The van der Waals surface area contributed by atoms with E-state index in [1.807, 2.05) is 6.92 Å². The van der Waals surface area contributed by atoms with Gasteiger partial charge in [0.1, 0.15) is 5.75 Å². The number of hydrogen-bond donors (Lipinski definition) is 1. The van der Waals surface area contributed by atoms with Gasteiger partial charge in [-0.25, -0.2) is 0 Å². The van der Waals surface area contributed by atoms with Crippen LogP contribution in [0.2, 0.25) is 0 Å². The van der Waals surface area contributed by atoms with Crippen molar-refractivity contribution in [2.24, 2.45) is 0 Å². The quantitative estimate of drug-likeness (QED) is 0.534. The van der Waals surface area contributed by atoms with Gasteiger partial charge in [-0.3, -0.25) is 4.79 Å². The zero-order valence-corrected chi connectivity index (χ0v) is 17.9. The standard InChI is InChI=1S/C22H23F3N4O3/c1-4-31-16-8-5-14(6-9-16)21-27-20(32-28-21)12-11-19(30)26-17-13-15(22(23,24)25)7-10-18(17)29(2)3/h5-10,13H,4,11-12H2,1-3H3,(H,26,30). The topological polar surface area (TPSA) is 80.5 Å². The maximum absolute atomic E-state index is 13.0. The number of benzene rings is 2. The Morgan fingerprint density at radius 2 is 1.88 bits per heavy atom. The van der Waals surface area contributed by atoms with Gasteiger partial charge in [0.15, 0.2) is 0 Å². The van der Waals surface area contributed by atoms with Gasteiger partial charge in [-0.1, -0.05) is 5.16 Å². The summed E-state index contributed by atoms with van der Waals surface area (Å²) in [6.45, 7) is 2.45. The number of hydrogen-bond acceptors (Lipinski definition) is 6. The van der Waals surface area contributed by atoms with Crippen molar-refractivity contribution in [2.75, 3.05) is 30.9 Å². The van der Waals surface area contributed by atoms with Crippen molar-refractivity contribution in [3.05, 3.63) is 53.9 Å². The van der Waals surface area contributed by atoms with E-state index in [2.05, 4.69) is 15.5 Å². The second-order valence-corrected chi connectivity index (χ2v) is 7.14. The molecule has 32 heavy (non-hydrogen) atoms. The number of alkyl halides is 3. The van der Waals surface area contributed by atoms with Gasteiger partial charge < -0.3 is 19.5 Å². The lowest BCUT2D eigenvalue weighted by Crippen LogP contribution is -2.18. The number of nitrogens with zero attached hydrogens (tertiary/aromatic N) is 3.